The molecule has 1 aliphatic carbocycles. The molecule has 0 unspecified atom stereocenters. The largest absolute Gasteiger partial charge is 0.496 e. The second-order valence-electron chi connectivity index (χ2n) is 6.57. The van der Waals surface area contributed by atoms with Crippen molar-refractivity contribution in [2.45, 2.75) is 50.7 Å². The standard InChI is InChI=1S/C16H22FNO3/c1-15(2,3)21-14(19)16(8-10(18)9-16)13-11(17)6-5-7-12(13)20-4/h5-7,10H,8-9,18H2,1-4H3. The Morgan fingerprint density at radius 1 is 1.38 bits per heavy atom. The van der Waals surface area contributed by atoms with Crippen molar-refractivity contribution in [3.63, 3.8) is 0 Å². The van der Waals surface area contributed by atoms with Crippen LogP contribution in [-0.4, -0.2) is 24.7 Å². The molecule has 0 aromatic heterocycles. The Morgan fingerprint density at radius 2 is 2.00 bits per heavy atom. The lowest BCUT2D eigenvalue weighted by Gasteiger charge is -2.45. The third-order valence-electron chi connectivity index (χ3n) is 3.68. The van der Waals surface area contributed by atoms with E-state index in [2.05, 4.69) is 0 Å². The minimum atomic E-state index is -1.05. The van der Waals surface area contributed by atoms with Crippen LogP contribution in [-0.2, 0) is 14.9 Å². The van der Waals surface area contributed by atoms with Gasteiger partial charge in [0.15, 0.2) is 0 Å². The van der Waals surface area contributed by atoms with Crippen molar-refractivity contribution in [2.24, 2.45) is 5.73 Å². The van der Waals surface area contributed by atoms with Crippen LogP contribution in [0.5, 0.6) is 5.75 Å². The van der Waals surface area contributed by atoms with Crippen molar-refractivity contribution in [2.75, 3.05) is 7.11 Å². The van der Waals surface area contributed by atoms with Gasteiger partial charge in [-0.1, -0.05) is 6.07 Å². The predicted molar refractivity (Wildman–Crippen MR) is 77.7 cm³/mol. The van der Waals surface area contributed by atoms with E-state index in [1.165, 1.54) is 13.2 Å². The van der Waals surface area contributed by atoms with Crippen LogP contribution in [0, 0.1) is 5.82 Å². The quantitative estimate of drug-likeness (QED) is 0.871. The molecule has 0 bridgehead atoms. The Hall–Kier alpha value is -1.62. The van der Waals surface area contributed by atoms with E-state index in [1.54, 1.807) is 32.9 Å². The van der Waals surface area contributed by atoms with Gasteiger partial charge < -0.3 is 15.2 Å². The van der Waals surface area contributed by atoms with Crippen LogP contribution in [0.1, 0.15) is 39.2 Å². The molecule has 0 heterocycles. The summed E-state index contributed by atoms with van der Waals surface area (Å²) in [6.45, 7) is 5.36. The normalized spacial score (nSPS) is 25.1. The molecule has 1 saturated carbocycles. The zero-order chi connectivity index (χ0) is 15.8. The molecule has 0 saturated heterocycles. The molecule has 0 spiro atoms. The maximum absolute atomic E-state index is 14.3. The van der Waals surface area contributed by atoms with Crippen molar-refractivity contribution >= 4 is 5.97 Å². The van der Waals surface area contributed by atoms with Crippen LogP contribution in [0.25, 0.3) is 0 Å². The lowest BCUT2D eigenvalue weighted by Crippen LogP contribution is -2.56. The van der Waals surface area contributed by atoms with Gasteiger partial charge >= 0.3 is 5.97 Å². The molecule has 0 aliphatic heterocycles. The van der Waals surface area contributed by atoms with Gasteiger partial charge in [0, 0.05) is 11.6 Å². The number of halogens is 1. The van der Waals surface area contributed by atoms with E-state index in [0.717, 1.165) is 0 Å². The van der Waals surface area contributed by atoms with Crippen LogP contribution in [0.3, 0.4) is 0 Å². The summed E-state index contributed by atoms with van der Waals surface area (Å²) in [6, 6.07) is 4.39. The fraction of sp³-hybridized carbons (Fsp3) is 0.562. The SMILES string of the molecule is COc1cccc(F)c1C1(C(=O)OC(C)(C)C)CC(N)C1. The molecule has 1 aliphatic rings. The minimum Gasteiger partial charge on any atom is -0.496 e. The highest BCUT2D eigenvalue weighted by Gasteiger charge is 2.55. The van der Waals surface area contributed by atoms with E-state index in [4.69, 9.17) is 15.2 Å². The summed E-state index contributed by atoms with van der Waals surface area (Å²) >= 11 is 0. The first-order valence-electron chi connectivity index (χ1n) is 7.01. The van der Waals surface area contributed by atoms with E-state index < -0.39 is 22.8 Å². The molecule has 1 aromatic rings. The lowest BCUT2D eigenvalue weighted by atomic mass is 9.61. The van der Waals surface area contributed by atoms with Crippen molar-refractivity contribution in [3.8, 4) is 5.75 Å². The Morgan fingerprint density at radius 3 is 2.48 bits per heavy atom. The van der Waals surface area contributed by atoms with E-state index in [-0.39, 0.29) is 11.6 Å². The number of carbonyl (C=O) groups is 1. The molecular weight excluding hydrogens is 273 g/mol. The summed E-state index contributed by atoms with van der Waals surface area (Å²) in [4.78, 5) is 12.6. The van der Waals surface area contributed by atoms with Gasteiger partial charge in [0.05, 0.1) is 7.11 Å². The number of hydrogen-bond donors (Lipinski definition) is 1. The Kier molecular flexibility index (Phi) is 3.97. The highest BCUT2D eigenvalue weighted by Crippen LogP contribution is 2.49. The second kappa shape index (κ2) is 5.30. The molecule has 5 heteroatoms. The van der Waals surface area contributed by atoms with Crippen LogP contribution in [0.15, 0.2) is 18.2 Å². The van der Waals surface area contributed by atoms with Gasteiger partial charge in [0.25, 0.3) is 0 Å². The minimum absolute atomic E-state index is 0.137. The second-order valence-corrected chi connectivity index (χ2v) is 6.57. The molecule has 0 atom stereocenters. The average molecular weight is 295 g/mol. The summed E-state index contributed by atoms with van der Waals surface area (Å²) in [5.74, 6) is -0.556. The average Bonchev–Trinajstić information content (AvgIpc) is 2.32. The highest BCUT2D eigenvalue weighted by atomic mass is 19.1. The van der Waals surface area contributed by atoms with Gasteiger partial charge in [-0.15, -0.1) is 0 Å². The summed E-state index contributed by atoms with van der Waals surface area (Å²) in [7, 11) is 1.46. The Balaban J connectivity index is 2.47. The van der Waals surface area contributed by atoms with Crippen molar-refractivity contribution < 1.29 is 18.7 Å². The fourth-order valence-corrected chi connectivity index (χ4v) is 2.82. The fourth-order valence-electron chi connectivity index (χ4n) is 2.82. The monoisotopic (exact) mass is 295 g/mol. The number of rotatable bonds is 3. The van der Waals surface area contributed by atoms with Crippen LogP contribution in [0.4, 0.5) is 4.39 Å². The number of ether oxygens (including phenoxy) is 2. The molecule has 0 radical (unpaired) electrons. The number of hydrogen-bond acceptors (Lipinski definition) is 4. The van der Waals surface area contributed by atoms with Crippen molar-refractivity contribution in [1.82, 2.24) is 0 Å². The number of esters is 1. The molecule has 2 N–H and O–H groups in total. The summed E-state index contributed by atoms with van der Waals surface area (Å²) in [6.07, 6.45) is 0.721. The molecule has 4 nitrogen and oxygen atoms in total. The van der Waals surface area contributed by atoms with Crippen LogP contribution >= 0.6 is 0 Å². The van der Waals surface area contributed by atoms with Crippen LogP contribution in [0.2, 0.25) is 0 Å². The van der Waals surface area contributed by atoms with E-state index in [0.29, 0.717) is 18.6 Å². The van der Waals surface area contributed by atoms with Gasteiger partial charge in [0.2, 0.25) is 0 Å². The van der Waals surface area contributed by atoms with Gasteiger partial charge in [-0.2, -0.15) is 0 Å². The molecular formula is C16H22FNO3. The molecule has 116 valence electrons. The maximum Gasteiger partial charge on any atom is 0.317 e. The maximum atomic E-state index is 14.3. The zero-order valence-corrected chi connectivity index (χ0v) is 12.9. The zero-order valence-electron chi connectivity index (χ0n) is 12.9. The number of nitrogens with two attached hydrogens (primary N) is 1. The first kappa shape index (κ1) is 15.8. The first-order valence-corrected chi connectivity index (χ1v) is 7.01. The summed E-state index contributed by atoms with van der Waals surface area (Å²) in [5, 5.41) is 0. The molecule has 21 heavy (non-hydrogen) atoms. The summed E-state index contributed by atoms with van der Waals surface area (Å²) in [5.41, 5.74) is 4.43. The number of benzene rings is 1. The van der Waals surface area contributed by atoms with Crippen LogP contribution < -0.4 is 10.5 Å². The number of carbonyl (C=O) groups excluding carboxylic acids is 1. The highest BCUT2D eigenvalue weighted by molar-refractivity contribution is 5.86. The third-order valence-corrected chi connectivity index (χ3v) is 3.68. The number of methoxy groups -OCH3 is 1. The van der Waals surface area contributed by atoms with Gasteiger partial charge in [-0.05, 0) is 45.7 Å². The van der Waals surface area contributed by atoms with E-state index in [1.807, 2.05) is 0 Å². The molecule has 0 amide bonds. The van der Waals surface area contributed by atoms with E-state index in [9.17, 15) is 9.18 Å². The predicted octanol–water partition coefficient (Wildman–Crippen LogP) is 2.53. The van der Waals surface area contributed by atoms with Gasteiger partial charge in [-0.3, -0.25) is 4.79 Å². The molecule has 1 fully saturated rings. The Labute approximate surface area is 124 Å². The summed E-state index contributed by atoms with van der Waals surface area (Å²) < 4.78 is 25.1. The topological polar surface area (TPSA) is 61.5 Å². The van der Waals surface area contributed by atoms with Gasteiger partial charge in [-0.25, -0.2) is 4.39 Å². The molecule has 2 rings (SSSR count). The lowest BCUT2D eigenvalue weighted by molar-refractivity contribution is -0.167. The smallest absolute Gasteiger partial charge is 0.317 e. The molecule has 1 aromatic carbocycles. The third kappa shape index (κ3) is 2.88. The first-order chi connectivity index (χ1) is 9.69. The Bertz CT molecular complexity index is 545. The van der Waals surface area contributed by atoms with Gasteiger partial charge in [0.1, 0.15) is 22.6 Å². The van der Waals surface area contributed by atoms with Crippen molar-refractivity contribution in [3.05, 3.63) is 29.6 Å². The van der Waals surface area contributed by atoms with E-state index >= 15 is 0 Å². The van der Waals surface area contributed by atoms with Crippen molar-refractivity contribution in [1.29, 1.82) is 0 Å².